The minimum absolute atomic E-state index is 0.152. The highest BCUT2D eigenvalue weighted by atomic mass is 79.9. The van der Waals surface area contributed by atoms with Crippen LogP contribution >= 0.6 is 27.5 Å². The zero-order valence-electron chi connectivity index (χ0n) is 10.3. The Bertz CT molecular complexity index is 704. The zero-order valence-corrected chi connectivity index (χ0v) is 12.6. The Morgan fingerprint density at radius 3 is 2.95 bits per heavy atom. The first kappa shape index (κ1) is 12.8. The quantitative estimate of drug-likeness (QED) is 0.645. The lowest BCUT2D eigenvalue weighted by atomic mass is 10.3. The standard InChI is InChI=1S/C14H12BrClN2O/c1-9(16)14-17-12-7-10(15)4-5-13(12)18(14)8-11-3-2-6-19-11/h2-7,9H,8H2,1H3. The number of halogens is 2. The van der Waals surface area contributed by atoms with Gasteiger partial charge in [0.15, 0.2) is 0 Å². The van der Waals surface area contributed by atoms with Crippen LogP contribution in [0.2, 0.25) is 0 Å². The smallest absolute Gasteiger partial charge is 0.128 e. The molecule has 2 heterocycles. The number of aromatic nitrogens is 2. The van der Waals surface area contributed by atoms with Crippen LogP contribution in [0.5, 0.6) is 0 Å². The first-order valence-electron chi connectivity index (χ1n) is 5.97. The maximum Gasteiger partial charge on any atom is 0.128 e. The molecule has 0 aliphatic carbocycles. The molecule has 0 radical (unpaired) electrons. The predicted molar refractivity (Wildman–Crippen MR) is 79.5 cm³/mol. The van der Waals surface area contributed by atoms with Crippen LogP contribution < -0.4 is 0 Å². The summed E-state index contributed by atoms with van der Waals surface area (Å²) in [7, 11) is 0. The van der Waals surface area contributed by atoms with Crippen LogP contribution in [0.15, 0.2) is 45.5 Å². The minimum Gasteiger partial charge on any atom is -0.467 e. The van der Waals surface area contributed by atoms with Crippen molar-refractivity contribution in [1.82, 2.24) is 9.55 Å². The van der Waals surface area contributed by atoms with Gasteiger partial charge in [-0.15, -0.1) is 11.6 Å². The molecule has 98 valence electrons. The SMILES string of the molecule is CC(Cl)c1nc2cc(Br)ccc2n1Cc1ccco1. The van der Waals surface area contributed by atoms with E-state index in [9.17, 15) is 0 Å². The van der Waals surface area contributed by atoms with E-state index in [1.807, 2.05) is 37.3 Å². The fourth-order valence-corrected chi connectivity index (χ4v) is 2.67. The van der Waals surface area contributed by atoms with E-state index in [0.717, 1.165) is 27.1 Å². The minimum atomic E-state index is -0.152. The summed E-state index contributed by atoms with van der Waals surface area (Å²) < 4.78 is 8.52. The summed E-state index contributed by atoms with van der Waals surface area (Å²) in [6.45, 7) is 2.56. The molecular weight excluding hydrogens is 328 g/mol. The van der Waals surface area contributed by atoms with E-state index in [4.69, 9.17) is 16.0 Å². The maximum absolute atomic E-state index is 6.23. The van der Waals surface area contributed by atoms with Gasteiger partial charge >= 0.3 is 0 Å². The fourth-order valence-electron chi connectivity index (χ4n) is 2.15. The number of alkyl halides is 1. The van der Waals surface area contributed by atoms with Gasteiger partial charge in [-0.25, -0.2) is 4.98 Å². The van der Waals surface area contributed by atoms with Gasteiger partial charge in [0, 0.05) is 4.47 Å². The van der Waals surface area contributed by atoms with Crippen LogP contribution in [0.25, 0.3) is 11.0 Å². The molecule has 1 atom stereocenters. The Morgan fingerprint density at radius 1 is 1.42 bits per heavy atom. The third kappa shape index (κ3) is 2.42. The van der Waals surface area contributed by atoms with Crippen molar-refractivity contribution in [3.05, 3.63) is 52.7 Å². The van der Waals surface area contributed by atoms with E-state index >= 15 is 0 Å². The third-order valence-electron chi connectivity index (χ3n) is 2.99. The lowest BCUT2D eigenvalue weighted by Crippen LogP contribution is -2.05. The van der Waals surface area contributed by atoms with Gasteiger partial charge in [-0.2, -0.15) is 0 Å². The van der Waals surface area contributed by atoms with Gasteiger partial charge in [0.1, 0.15) is 11.6 Å². The van der Waals surface area contributed by atoms with Crippen molar-refractivity contribution in [2.75, 3.05) is 0 Å². The molecule has 0 saturated heterocycles. The van der Waals surface area contributed by atoms with Gasteiger partial charge in [-0.05, 0) is 37.3 Å². The second-order valence-corrected chi connectivity index (χ2v) is 5.95. The molecule has 2 aromatic heterocycles. The molecular formula is C14H12BrClN2O. The molecule has 0 aliphatic rings. The Balaban J connectivity index is 2.16. The van der Waals surface area contributed by atoms with Gasteiger partial charge < -0.3 is 8.98 Å². The summed E-state index contributed by atoms with van der Waals surface area (Å²) in [5, 5.41) is -0.152. The fraction of sp³-hybridized carbons (Fsp3) is 0.214. The molecule has 3 aromatic rings. The molecule has 3 nitrogen and oxygen atoms in total. The molecule has 5 heteroatoms. The van der Waals surface area contributed by atoms with Crippen molar-refractivity contribution in [3.63, 3.8) is 0 Å². The third-order valence-corrected chi connectivity index (χ3v) is 3.68. The normalized spacial score (nSPS) is 13.0. The molecule has 0 amide bonds. The Morgan fingerprint density at radius 2 is 2.26 bits per heavy atom. The van der Waals surface area contributed by atoms with E-state index < -0.39 is 0 Å². The van der Waals surface area contributed by atoms with Crippen LogP contribution in [0.3, 0.4) is 0 Å². The monoisotopic (exact) mass is 338 g/mol. The van der Waals surface area contributed by atoms with Gasteiger partial charge in [-0.1, -0.05) is 15.9 Å². The topological polar surface area (TPSA) is 31.0 Å². The largest absolute Gasteiger partial charge is 0.467 e. The lowest BCUT2D eigenvalue weighted by Gasteiger charge is -2.08. The second kappa shape index (κ2) is 5.02. The summed E-state index contributed by atoms with van der Waals surface area (Å²) in [4.78, 5) is 4.61. The van der Waals surface area contributed by atoms with Gasteiger partial charge in [0.05, 0.1) is 29.2 Å². The molecule has 0 aliphatic heterocycles. The van der Waals surface area contributed by atoms with Crippen molar-refractivity contribution in [3.8, 4) is 0 Å². The average Bonchev–Trinajstić information content (AvgIpc) is 2.97. The second-order valence-electron chi connectivity index (χ2n) is 4.38. The van der Waals surface area contributed by atoms with Crippen LogP contribution in [0.1, 0.15) is 23.9 Å². The van der Waals surface area contributed by atoms with Crippen molar-refractivity contribution in [2.45, 2.75) is 18.8 Å². The first-order chi connectivity index (χ1) is 9.15. The summed E-state index contributed by atoms with van der Waals surface area (Å²) in [5.41, 5.74) is 1.99. The Hall–Kier alpha value is -1.26. The summed E-state index contributed by atoms with van der Waals surface area (Å²) in [5.74, 6) is 1.74. The lowest BCUT2D eigenvalue weighted by molar-refractivity contribution is 0.492. The molecule has 1 unspecified atom stereocenters. The van der Waals surface area contributed by atoms with Crippen molar-refractivity contribution < 1.29 is 4.42 Å². The van der Waals surface area contributed by atoms with E-state index in [1.165, 1.54) is 0 Å². The van der Waals surface area contributed by atoms with E-state index in [2.05, 4.69) is 25.5 Å². The highest BCUT2D eigenvalue weighted by Crippen LogP contribution is 2.27. The molecule has 0 fully saturated rings. The van der Waals surface area contributed by atoms with Gasteiger partial charge in [-0.3, -0.25) is 0 Å². The number of hydrogen-bond donors (Lipinski definition) is 0. The number of furan rings is 1. The predicted octanol–water partition coefficient (Wildman–Crippen LogP) is 4.74. The van der Waals surface area contributed by atoms with Gasteiger partial charge in [0.2, 0.25) is 0 Å². The van der Waals surface area contributed by atoms with Crippen LogP contribution in [0, 0.1) is 0 Å². The molecule has 0 spiro atoms. The van der Waals surface area contributed by atoms with E-state index in [1.54, 1.807) is 6.26 Å². The van der Waals surface area contributed by atoms with Crippen molar-refractivity contribution in [1.29, 1.82) is 0 Å². The molecule has 0 saturated carbocycles. The Kier molecular flexibility index (Phi) is 3.37. The van der Waals surface area contributed by atoms with Crippen LogP contribution in [-0.2, 0) is 6.54 Å². The van der Waals surface area contributed by atoms with Crippen molar-refractivity contribution in [2.24, 2.45) is 0 Å². The Labute approximate surface area is 124 Å². The molecule has 1 aromatic carbocycles. The van der Waals surface area contributed by atoms with Gasteiger partial charge in [0.25, 0.3) is 0 Å². The number of rotatable bonds is 3. The highest BCUT2D eigenvalue weighted by Gasteiger charge is 2.16. The number of imidazole rings is 1. The van der Waals surface area contributed by atoms with Crippen LogP contribution in [0.4, 0.5) is 0 Å². The summed E-state index contributed by atoms with van der Waals surface area (Å²) in [6, 6.07) is 9.88. The van der Waals surface area contributed by atoms with Crippen molar-refractivity contribution >= 4 is 38.6 Å². The average molecular weight is 340 g/mol. The number of benzene rings is 1. The number of hydrogen-bond acceptors (Lipinski definition) is 2. The number of nitrogens with zero attached hydrogens (tertiary/aromatic N) is 2. The molecule has 0 N–H and O–H groups in total. The number of fused-ring (bicyclic) bond motifs is 1. The molecule has 0 bridgehead atoms. The molecule has 19 heavy (non-hydrogen) atoms. The summed E-state index contributed by atoms with van der Waals surface area (Å²) in [6.07, 6.45) is 1.68. The maximum atomic E-state index is 6.23. The highest BCUT2D eigenvalue weighted by molar-refractivity contribution is 9.10. The summed E-state index contributed by atoms with van der Waals surface area (Å²) >= 11 is 9.70. The van der Waals surface area contributed by atoms with E-state index in [0.29, 0.717) is 6.54 Å². The zero-order chi connectivity index (χ0) is 13.4. The molecule has 3 rings (SSSR count). The van der Waals surface area contributed by atoms with E-state index in [-0.39, 0.29) is 5.38 Å². The van der Waals surface area contributed by atoms with Crippen LogP contribution in [-0.4, -0.2) is 9.55 Å². The first-order valence-corrected chi connectivity index (χ1v) is 7.20.